The molecule has 1 N–H and O–H groups in total. The van der Waals surface area contributed by atoms with E-state index in [0.717, 1.165) is 38.3 Å². The van der Waals surface area contributed by atoms with E-state index in [-0.39, 0.29) is 0 Å². The molecule has 0 radical (unpaired) electrons. The molecule has 120 valence electrons. The molecule has 4 heteroatoms. The van der Waals surface area contributed by atoms with Crippen LogP contribution in [-0.2, 0) is 11.2 Å². The molecule has 2 saturated heterocycles. The summed E-state index contributed by atoms with van der Waals surface area (Å²) in [5.74, 6) is 1.17. The maximum absolute atomic E-state index is 12.5. The summed E-state index contributed by atoms with van der Waals surface area (Å²) < 4.78 is 5.16. The zero-order valence-corrected chi connectivity index (χ0v) is 13.4. The van der Waals surface area contributed by atoms with Crippen molar-refractivity contribution >= 4 is 5.91 Å². The van der Waals surface area contributed by atoms with Crippen LogP contribution >= 0.6 is 0 Å². The highest BCUT2D eigenvalue weighted by atomic mass is 16.5. The highest BCUT2D eigenvalue weighted by Gasteiger charge is 2.40. The molecule has 1 amide bonds. The Bertz CT molecular complexity index is 506. The number of ether oxygens (including phenoxy) is 1. The summed E-state index contributed by atoms with van der Waals surface area (Å²) in [6, 6.07) is 8.01. The normalized spacial score (nSPS) is 20.3. The second-order valence-corrected chi connectivity index (χ2v) is 6.66. The van der Waals surface area contributed by atoms with Crippen LogP contribution < -0.4 is 10.1 Å². The molecule has 0 saturated carbocycles. The van der Waals surface area contributed by atoms with Crippen molar-refractivity contribution in [1.29, 1.82) is 0 Å². The Labute approximate surface area is 132 Å². The van der Waals surface area contributed by atoms with Crippen LogP contribution in [0.15, 0.2) is 24.3 Å². The predicted molar refractivity (Wildman–Crippen MR) is 87.0 cm³/mol. The van der Waals surface area contributed by atoms with Crippen LogP contribution in [0, 0.1) is 5.41 Å². The minimum absolute atomic E-state index is 0.311. The summed E-state index contributed by atoms with van der Waals surface area (Å²) in [5, 5.41) is 3.42. The summed E-state index contributed by atoms with van der Waals surface area (Å²) in [5.41, 5.74) is 1.60. The molecule has 0 aliphatic carbocycles. The Kier molecular flexibility index (Phi) is 4.67. The standard InChI is InChI=1S/C18H26N2O2/c1-22-16-5-2-15(3-6-16)4-7-17(21)20-13-10-18(14-20)8-11-19-12-9-18/h2-3,5-6,19H,4,7-14H2,1H3. The van der Waals surface area contributed by atoms with Gasteiger partial charge in [-0.1, -0.05) is 12.1 Å². The molecule has 3 rings (SSSR count). The molecule has 0 atom stereocenters. The van der Waals surface area contributed by atoms with Crippen molar-refractivity contribution in [2.75, 3.05) is 33.3 Å². The second-order valence-electron chi connectivity index (χ2n) is 6.66. The van der Waals surface area contributed by atoms with Gasteiger partial charge in [0.15, 0.2) is 0 Å². The van der Waals surface area contributed by atoms with Gasteiger partial charge in [0.1, 0.15) is 5.75 Å². The third-order valence-corrected chi connectivity index (χ3v) is 5.24. The Morgan fingerprint density at radius 2 is 1.95 bits per heavy atom. The van der Waals surface area contributed by atoms with Crippen molar-refractivity contribution in [1.82, 2.24) is 10.2 Å². The van der Waals surface area contributed by atoms with Gasteiger partial charge in [-0.3, -0.25) is 4.79 Å². The number of hydrogen-bond acceptors (Lipinski definition) is 3. The van der Waals surface area contributed by atoms with Crippen LogP contribution in [0.25, 0.3) is 0 Å². The van der Waals surface area contributed by atoms with Crippen LogP contribution in [0.4, 0.5) is 0 Å². The first kappa shape index (κ1) is 15.3. The van der Waals surface area contributed by atoms with E-state index >= 15 is 0 Å². The maximum atomic E-state index is 12.5. The average molecular weight is 302 g/mol. The smallest absolute Gasteiger partial charge is 0.222 e. The molecule has 2 heterocycles. The molecule has 1 aromatic rings. The van der Waals surface area contributed by atoms with Crippen molar-refractivity contribution in [3.05, 3.63) is 29.8 Å². The summed E-state index contributed by atoms with van der Waals surface area (Å²) >= 11 is 0. The summed E-state index contributed by atoms with van der Waals surface area (Å²) in [6.07, 6.45) is 5.04. The topological polar surface area (TPSA) is 41.6 Å². The van der Waals surface area contributed by atoms with E-state index in [1.165, 1.54) is 24.8 Å². The Morgan fingerprint density at radius 3 is 2.64 bits per heavy atom. The first-order chi connectivity index (χ1) is 10.7. The number of amides is 1. The number of carbonyl (C=O) groups is 1. The van der Waals surface area contributed by atoms with Crippen LogP contribution in [0.2, 0.25) is 0 Å². The van der Waals surface area contributed by atoms with E-state index in [0.29, 0.717) is 17.7 Å². The summed E-state index contributed by atoms with van der Waals surface area (Å²) in [7, 11) is 1.67. The molecule has 2 aliphatic heterocycles. The number of likely N-dealkylation sites (tertiary alicyclic amines) is 1. The minimum atomic E-state index is 0.311. The first-order valence-corrected chi connectivity index (χ1v) is 8.32. The van der Waals surface area contributed by atoms with Crippen molar-refractivity contribution in [2.24, 2.45) is 5.41 Å². The van der Waals surface area contributed by atoms with Gasteiger partial charge in [-0.2, -0.15) is 0 Å². The zero-order valence-electron chi connectivity index (χ0n) is 13.4. The third-order valence-electron chi connectivity index (χ3n) is 5.24. The summed E-state index contributed by atoms with van der Waals surface area (Å²) in [4.78, 5) is 14.5. The number of carbonyl (C=O) groups excluding carboxylic acids is 1. The minimum Gasteiger partial charge on any atom is -0.497 e. The summed E-state index contributed by atoms with van der Waals surface area (Å²) in [6.45, 7) is 4.12. The van der Waals surface area contributed by atoms with Gasteiger partial charge in [0.05, 0.1) is 7.11 Å². The molecule has 1 spiro atoms. The monoisotopic (exact) mass is 302 g/mol. The lowest BCUT2D eigenvalue weighted by Gasteiger charge is -2.33. The van der Waals surface area contributed by atoms with Gasteiger partial charge < -0.3 is 15.0 Å². The largest absolute Gasteiger partial charge is 0.497 e. The number of nitrogens with one attached hydrogen (secondary N) is 1. The first-order valence-electron chi connectivity index (χ1n) is 8.32. The SMILES string of the molecule is COc1ccc(CCC(=O)N2CCC3(CCNCC3)C2)cc1. The molecule has 0 bridgehead atoms. The van der Waals surface area contributed by atoms with E-state index in [4.69, 9.17) is 4.74 Å². The van der Waals surface area contributed by atoms with Crippen molar-refractivity contribution in [3.8, 4) is 5.75 Å². The second kappa shape index (κ2) is 6.69. The molecule has 1 aromatic carbocycles. The number of aryl methyl sites for hydroxylation is 1. The fourth-order valence-electron chi connectivity index (χ4n) is 3.71. The third kappa shape index (κ3) is 3.43. The number of hydrogen-bond donors (Lipinski definition) is 1. The quantitative estimate of drug-likeness (QED) is 0.927. The van der Waals surface area contributed by atoms with Crippen LogP contribution in [0.1, 0.15) is 31.2 Å². The maximum Gasteiger partial charge on any atom is 0.222 e. The number of methoxy groups -OCH3 is 1. The fraction of sp³-hybridized carbons (Fsp3) is 0.611. The highest BCUT2D eigenvalue weighted by molar-refractivity contribution is 5.76. The molecule has 2 aliphatic rings. The molecule has 2 fully saturated rings. The van der Waals surface area contributed by atoms with Gasteiger partial charge >= 0.3 is 0 Å². The van der Waals surface area contributed by atoms with E-state index < -0.39 is 0 Å². The lowest BCUT2D eigenvalue weighted by Crippen LogP contribution is -2.39. The van der Waals surface area contributed by atoms with E-state index in [1.807, 2.05) is 24.3 Å². The van der Waals surface area contributed by atoms with E-state index in [2.05, 4.69) is 10.2 Å². The van der Waals surface area contributed by atoms with Gasteiger partial charge in [0.2, 0.25) is 5.91 Å². The highest BCUT2D eigenvalue weighted by Crippen LogP contribution is 2.38. The Hall–Kier alpha value is -1.55. The Morgan fingerprint density at radius 1 is 1.23 bits per heavy atom. The molecule has 0 aromatic heterocycles. The zero-order chi connectivity index (χ0) is 15.4. The van der Waals surface area contributed by atoms with Gasteiger partial charge in [-0.05, 0) is 61.9 Å². The van der Waals surface area contributed by atoms with Crippen LogP contribution in [0.3, 0.4) is 0 Å². The van der Waals surface area contributed by atoms with Crippen molar-refractivity contribution in [2.45, 2.75) is 32.1 Å². The van der Waals surface area contributed by atoms with Gasteiger partial charge in [-0.25, -0.2) is 0 Å². The number of rotatable bonds is 4. The Balaban J connectivity index is 1.49. The lowest BCUT2D eigenvalue weighted by atomic mass is 9.78. The van der Waals surface area contributed by atoms with Crippen molar-refractivity contribution < 1.29 is 9.53 Å². The molecule has 4 nitrogen and oxygen atoms in total. The number of piperidine rings is 1. The fourth-order valence-corrected chi connectivity index (χ4v) is 3.71. The van der Waals surface area contributed by atoms with Crippen LogP contribution in [-0.4, -0.2) is 44.1 Å². The van der Waals surface area contributed by atoms with Gasteiger partial charge in [-0.15, -0.1) is 0 Å². The molecule has 0 unspecified atom stereocenters. The average Bonchev–Trinajstić information content (AvgIpc) is 2.97. The molecule has 22 heavy (non-hydrogen) atoms. The van der Waals surface area contributed by atoms with Gasteiger partial charge in [0, 0.05) is 19.5 Å². The number of benzene rings is 1. The molecular weight excluding hydrogens is 276 g/mol. The lowest BCUT2D eigenvalue weighted by molar-refractivity contribution is -0.130. The van der Waals surface area contributed by atoms with Gasteiger partial charge in [0.25, 0.3) is 0 Å². The molecular formula is C18H26N2O2. The van der Waals surface area contributed by atoms with E-state index in [9.17, 15) is 4.79 Å². The van der Waals surface area contributed by atoms with E-state index in [1.54, 1.807) is 7.11 Å². The number of nitrogens with zero attached hydrogens (tertiary/aromatic N) is 1. The predicted octanol–water partition coefficient (Wildman–Crippen LogP) is 2.23. The van der Waals surface area contributed by atoms with Crippen molar-refractivity contribution in [3.63, 3.8) is 0 Å². The van der Waals surface area contributed by atoms with Crippen LogP contribution in [0.5, 0.6) is 5.75 Å².